The van der Waals surface area contributed by atoms with Gasteiger partial charge < -0.3 is 14.8 Å². The van der Waals surface area contributed by atoms with E-state index in [1.165, 1.54) is 17.0 Å². The lowest BCUT2D eigenvalue weighted by atomic mass is 9.81. The molecule has 2 bridgehead atoms. The predicted molar refractivity (Wildman–Crippen MR) is 119 cm³/mol. The Morgan fingerprint density at radius 2 is 1.55 bits per heavy atom. The predicted octanol–water partition coefficient (Wildman–Crippen LogP) is 3.03. The summed E-state index contributed by atoms with van der Waals surface area (Å²) in [5.74, 6) is -0.462. The van der Waals surface area contributed by atoms with E-state index in [4.69, 9.17) is 9.47 Å². The third-order valence-electron chi connectivity index (χ3n) is 7.00. The molecular weight excluding hydrogens is 424 g/mol. The van der Waals surface area contributed by atoms with Crippen molar-refractivity contribution in [1.82, 2.24) is 0 Å². The highest BCUT2D eigenvalue weighted by molar-refractivity contribution is 6.22. The molecule has 1 aliphatic heterocycles. The second kappa shape index (κ2) is 8.35. The van der Waals surface area contributed by atoms with E-state index in [0.717, 1.165) is 19.3 Å². The first-order valence-corrected chi connectivity index (χ1v) is 11.0. The average molecular weight is 448 g/mol. The number of hydrogen-bond donors (Lipinski definition) is 1. The third-order valence-corrected chi connectivity index (χ3v) is 7.00. The Morgan fingerprint density at radius 1 is 0.939 bits per heavy atom. The zero-order chi connectivity index (χ0) is 23.1. The topological polar surface area (TPSA) is 102 Å². The van der Waals surface area contributed by atoms with Gasteiger partial charge in [-0.2, -0.15) is 0 Å². The van der Waals surface area contributed by atoms with E-state index in [0.29, 0.717) is 29.0 Å². The van der Waals surface area contributed by atoms with Crippen LogP contribution in [0.4, 0.5) is 11.4 Å². The van der Waals surface area contributed by atoms with Crippen molar-refractivity contribution in [2.45, 2.75) is 19.3 Å². The summed E-state index contributed by atoms with van der Waals surface area (Å²) >= 11 is 0. The number of amides is 3. The molecular formula is C25H24N2O6. The molecule has 1 saturated heterocycles. The Morgan fingerprint density at radius 3 is 2.12 bits per heavy atom. The van der Waals surface area contributed by atoms with Gasteiger partial charge in [0.15, 0.2) is 6.61 Å². The molecule has 3 fully saturated rings. The van der Waals surface area contributed by atoms with Gasteiger partial charge in [0.25, 0.3) is 5.91 Å². The van der Waals surface area contributed by atoms with E-state index in [2.05, 4.69) is 5.32 Å². The van der Waals surface area contributed by atoms with Crippen LogP contribution in [0, 0.1) is 23.7 Å². The maximum Gasteiger partial charge on any atom is 0.338 e. The van der Waals surface area contributed by atoms with E-state index < -0.39 is 18.5 Å². The lowest BCUT2D eigenvalue weighted by Gasteiger charge is -2.19. The van der Waals surface area contributed by atoms with Gasteiger partial charge in [-0.1, -0.05) is 0 Å². The summed E-state index contributed by atoms with van der Waals surface area (Å²) in [6.07, 6.45) is 3.03. The van der Waals surface area contributed by atoms with Crippen molar-refractivity contribution in [3.05, 3.63) is 54.1 Å². The van der Waals surface area contributed by atoms with Crippen LogP contribution < -0.4 is 15.0 Å². The van der Waals surface area contributed by atoms with Gasteiger partial charge in [-0.15, -0.1) is 0 Å². The zero-order valence-electron chi connectivity index (χ0n) is 18.2. The monoisotopic (exact) mass is 448 g/mol. The summed E-state index contributed by atoms with van der Waals surface area (Å²) < 4.78 is 10.2. The van der Waals surface area contributed by atoms with Crippen LogP contribution in [-0.4, -0.2) is 37.4 Å². The molecule has 2 aromatic carbocycles. The molecule has 1 heterocycles. The fraction of sp³-hybridized carbons (Fsp3) is 0.360. The van der Waals surface area contributed by atoms with Crippen LogP contribution in [0.3, 0.4) is 0 Å². The molecule has 8 nitrogen and oxygen atoms in total. The highest BCUT2D eigenvalue weighted by Crippen LogP contribution is 2.56. The van der Waals surface area contributed by atoms with Gasteiger partial charge >= 0.3 is 5.97 Å². The Kier molecular flexibility index (Phi) is 5.36. The van der Waals surface area contributed by atoms with E-state index >= 15 is 0 Å². The Bertz CT molecular complexity index is 1080. The first-order valence-electron chi connectivity index (χ1n) is 11.0. The number of carbonyl (C=O) groups excluding carboxylic acids is 4. The highest BCUT2D eigenvalue weighted by atomic mass is 16.5. The molecule has 0 aromatic heterocycles. The van der Waals surface area contributed by atoms with Crippen LogP contribution in [-0.2, 0) is 19.1 Å². The minimum Gasteiger partial charge on any atom is -0.497 e. The second-order valence-corrected chi connectivity index (χ2v) is 8.80. The molecule has 2 aliphatic carbocycles. The average Bonchev–Trinajstić information content (AvgIpc) is 3.52. The number of anilines is 2. The lowest BCUT2D eigenvalue weighted by Crippen LogP contribution is -2.32. The fourth-order valence-electron chi connectivity index (χ4n) is 5.50. The molecule has 0 radical (unpaired) electrons. The normalized spacial score (nSPS) is 25.2. The van der Waals surface area contributed by atoms with Crippen LogP contribution in [0.2, 0.25) is 0 Å². The molecule has 2 aromatic rings. The maximum atomic E-state index is 12.9. The minimum absolute atomic E-state index is 0.122. The molecule has 2 saturated carbocycles. The van der Waals surface area contributed by atoms with Crippen molar-refractivity contribution in [2.24, 2.45) is 23.7 Å². The molecule has 3 amide bonds. The number of nitrogens with one attached hydrogen (secondary N) is 1. The third kappa shape index (κ3) is 3.75. The van der Waals surface area contributed by atoms with Crippen LogP contribution in [0.15, 0.2) is 48.5 Å². The number of rotatable bonds is 6. The minimum atomic E-state index is -0.666. The summed E-state index contributed by atoms with van der Waals surface area (Å²) in [4.78, 5) is 51.5. The van der Waals surface area contributed by atoms with Crippen LogP contribution >= 0.6 is 0 Å². The molecule has 5 rings (SSSR count). The molecule has 4 atom stereocenters. The van der Waals surface area contributed by atoms with E-state index in [-0.39, 0.29) is 29.2 Å². The fourth-order valence-corrected chi connectivity index (χ4v) is 5.50. The van der Waals surface area contributed by atoms with Crippen molar-refractivity contribution in [2.75, 3.05) is 23.9 Å². The molecule has 3 aliphatic rings. The van der Waals surface area contributed by atoms with Gasteiger partial charge in [0.05, 0.1) is 30.2 Å². The van der Waals surface area contributed by atoms with Crippen molar-refractivity contribution in [3.8, 4) is 5.75 Å². The number of esters is 1. The second-order valence-electron chi connectivity index (χ2n) is 8.80. The van der Waals surface area contributed by atoms with E-state index in [9.17, 15) is 19.2 Å². The van der Waals surface area contributed by atoms with Crippen molar-refractivity contribution in [1.29, 1.82) is 0 Å². The molecule has 0 spiro atoms. The van der Waals surface area contributed by atoms with Gasteiger partial charge in [0.2, 0.25) is 11.8 Å². The number of carbonyl (C=O) groups is 4. The Labute approximate surface area is 190 Å². The molecule has 33 heavy (non-hydrogen) atoms. The lowest BCUT2D eigenvalue weighted by molar-refractivity contribution is -0.123. The molecule has 8 heteroatoms. The van der Waals surface area contributed by atoms with Gasteiger partial charge in [-0.05, 0) is 79.6 Å². The number of ether oxygens (including phenoxy) is 2. The number of fused-ring (bicyclic) bond motifs is 5. The number of nitrogens with zero attached hydrogens (tertiary/aromatic N) is 1. The van der Waals surface area contributed by atoms with Crippen molar-refractivity contribution in [3.63, 3.8) is 0 Å². The Hall–Kier alpha value is -3.68. The summed E-state index contributed by atoms with van der Waals surface area (Å²) in [6, 6.07) is 12.9. The quantitative estimate of drug-likeness (QED) is 0.538. The number of hydrogen-bond acceptors (Lipinski definition) is 6. The number of benzene rings is 2. The zero-order valence-corrected chi connectivity index (χ0v) is 18.2. The highest BCUT2D eigenvalue weighted by Gasteiger charge is 2.61. The van der Waals surface area contributed by atoms with E-state index in [1.54, 1.807) is 43.5 Å². The maximum absolute atomic E-state index is 12.9. The van der Waals surface area contributed by atoms with Gasteiger partial charge in [-0.25, -0.2) is 4.79 Å². The summed E-state index contributed by atoms with van der Waals surface area (Å²) in [6.45, 7) is -0.443. The number of imide groups is 1. The summed E-state index contributed by atoms with van der Waals surface area (Å²) in [7, 11) is 1.55. The van der Waals surface area contributed by atoms with Crippen molar-refractivity contribution >= 4 is 35.1 Å². The SMILES string of the molecule is COc1ccc(NC(=O)COC(=O)c2ccc(N3C(=O)[C@@H]4[C@H]5CC[C@@H](C5)[C@@H]4C3=O)cc2)cc1. The molecule has 0 unspecified atom stereocenters. The first-order chi connectivity index (χ1) is 16.0. The van der Waals surface area contributed by atoms with Gasteiger partial charge in [0, 0.05) is 5.69 Å². The van der Waals surface area contributed by atoms with Gasteiger partial charge in [0.1, 0.15) is 5.75 Å². The van der Waals surface area contributed by atoms with Crippen molar-refractivity contribution < 1.29 is 28.7 Å². The van der Waals surface area contributed by atoms with E-state index in [1.807, 2.05) is 0 Å². The van der Waals surface area contributed by atoms with Gasteiger partial charge in [-0.3, -0.25) is 19.3 Å². The smallest absolute Gasteiger partial charge is 0.338 e. The Balaban J connectivity index is 1.18. The summed E-state index contributed by atoms with van der Waals surface area (Å²) in [5, 5.41) is 2.63. The summed E-state index contributed by atoms with van der Waals surface area (Å²) in [5.41, 5.74) is 1.25. The largest absolute Gasteiger partial charge is 0.497 e. The first kappa shape index (κ1) is 21.2. The molecule has 170 valence electrons. The standard InChI is InChI=1S/C25H24N2O6/c1-32-19-10-6-17(7-11-19)26-20(28)13-33-25(31)14-4-8-18(9-5-14)27-23(29)21-15-2-3-16(12-15)22(21)24(27)30/h4-11,15-16,21-22H,2-3,12-13H2,1H3,(H,26,28)/t15-,16-,21-,22+/m0/s1. The molecule has 1 N–H and O–H groups in total. The van der Waals surface area contributed by atoms with Crippen LogP contribution in [0.5, 0.6) is 5.75 Å². The van der Waals surface area contributed by atoms with Crippen LogP contribution in [0.1, 0.15) is 29.6 Å². The van der Waals surface area contributed by atoms with Crippen LogP contribution in [0.25, 0.3) is 0 Å². The number of methoxy groups -OCH3 is 1.